The van der Waals surface area contributed by atoms with E-state index in [1.54, 1.807) is 18.2 Å². The molecule has 0 radical (unpaired) electrons. The zero-order valence-electron chi connectivity index (χ0n) is 14.1. The molecule has 1 amide bonds. The average molecular weight is 359 g/mol. The summed E-state index contributed by atoms with van der Waals surface area (Å²) in [7, 11) is 1.44. The van der Waals surface area contributed by atoms with E-state index in [2.05, 4.69) is 5.32 Å². The van der Waals surface area contributed by atoms with Gasteiger partial charge in [0.25, 0.3) is 5.91 Å². The van der Waals surface area contributed by atoms with Gasteiger partial charge in [0.05, 0.1) is 7.11 Å². The summed E-state index contributed by atoms with van der Waals surface area (Å²) in [5.41, 5.74) is 0.419. The molecule has 0 fully saturated rings. The summed E-state index contributed by atoms with van der Waals surface area (Å²) in [6, 6.07) is 9.09. The predicted octanol–water partition coefficient (Wildman–Crippen LogP) is 2.31. The minimum absolute atomic E-state index is 0.0615. The van der Waals surface area contributed by atoms with E-state index in [0.717, 1.165) is 0 Å². The molecule has 136 valence electrons. The predicted molar refractivity (Wildman–Crippen MR) is 90.7 cm³/mol. The number of rotatable bonds is 5. The number of phenolic OH excluding ortho intramolecular Hbond substituents is 1. The molecule has 2 aromatic rings. The average Bonchev–Trinajstić information content (AvgIpc) is 3.09. The molecule has 1 heterocycles. The lowest BCUT2D eigenvalue weighted by molar-refractivity contribution is -0.123. The van der Waals surface area contributed by atoms with Gasteiger partial charge in [0, 0.05) is 17.8 Å². The van der Waals surface area contributed by atoms with Gasteiger partial charge in [-0.05, 0) is 31.2 Å². The number of nitrogens with one attached hydrogen (secondary N) is 1. The van der Waals surface area contributed by atoms with Crippen molar-refractivity contribution < 1.29 is 33.6 Å². The minimum atomic E-state index is -1.07. The van der Waals surface area contributed by atoms with Crippen LogP contribution in [0.2, 0.25) is 0 Å². The topological polar surface area (TPSA) is 103 Å². The summed E-state index contributed by atoms with van der Waals surface area (Å²) in [4.78, 5) is 24.4. The quantitative estimate of drug-likeness (QED) is 0.790. The van der Waals surface area contributed by atoms with E-state index >= 15 is 0 Å². The first-order chi connectivity index (χ1) is 12.5. The third-order valence-electron chi connectivity index (χ3n) is 3.72. The third-order valence-corrected chi connectivity index (χ3v) is 3.72. The van der Waals surface area contributed by atoms with Gasteiger partial charge in [0.15, 0.2) is 17.6 Å². The first-order valence-corrected chi connectivity index (χ1v) is 7.76. The summed E-state index contributed by atoms with van der Waals surface area (Å²) in [6.45, 7) is 1.56. The van der Waals surface area contributed by atoms with Gasteiger partial charge in [-0.2, -0.15) is 0 Å². The van der Waals surface area contributed by atoms with E-state index < -0.39 is 18.0 Å². The first kappa shape index (κ1) is 17.4. The fourth-order valence-corrected chi connectivity index (χ4v) is 2.31. The Kier molecular flexibility index (Phi) is 4.83. The molecule has 0 saturated heterocycles. The molecule has 1 aliphatic heterocycles. The van der Waals surface area contributed by atoms with Gasteiger partial charge >= 0.3 is 5.97 Å². The van der Waals surface area contributed by atoms with E-state index in [-0.39, 0.29) is 18.1 Å². The number of carbonyl (C=O) groups is 2. The zero-order chi connectivity index (χ0) is 18.7. The van der Waals surface area contributed by atoms with Crippen molar-refractivity contribution in [2.24, 2.45) is 0 Å². The first-order valence-electron chi connectivity index (χ1n) is 7.76. The third kappa shape index (κ3) is 3.64. The van der Waals surface area contributed by atoms with Crippen molar-refractivity contribution in [2.45, 2.75) is 13.0 Å². The number of aromatic hydroxyl groups is 1. The van der Waals surface area contributed by atoms with Crippen LogP contribution in [0.25, 0.3) is 0 Å². The van der Waals surface area contributed by atoms with Crippen LogP contribution >= 0.6 is 0 Å². The molecule has 0 bridgehead atoms. The SMILES string of the molecule is COc1ccc(C(=O)OC(C)C(=O)Nc2ccc3c(c2)OCO3)c(O)c1. The Morgan fingerprint density at radius 3 is 2.65 bits per heavy atom. The molecule has 0 aliphatic carbocycles. The van der Waals surface area contributed by atoms with E-state index in [4.69, 9.17) is 18.9 Å². The highest BCUT2D eigenvalue weighted by atomic mass is 16.7. The number of amides is 1. The Hall–Kier alpha value is -3.42. The van der Waals surface area contributed by atoms with Gasteiger partial charge in [-0.3, -0.25) is 4.79 Å². The van der Waals surface area contributed by atoms with Gasteiger partial charge in [-0.1, -0.05) is 0 Å². The Balaban J connectivity index is 1.62. The number of fused-ring (bicyclic) bond motifs is 1. The lowest BCUT2D eigenvalue weighted by atomic mass is 10.2. The molecule has 1 unspecified atom stereocenters. The normalized spacial score (nSPS) is 13.0. The van der Waals surface area contributed by atoms with Crippen LogP contribution in [0.3, 0.4) is 0 Å². The van der Waals surface area contributed by atoms with Crippen molar-refractivity contribution >= 4 is 17.6 Å². The Bertz CT molecular complexity index is 849. The molecule has 2 aromatic carbocycles. The highest BCUT2D eigenvalue weighted by molar-refractivity contribution is 5.98. The van der Waals surface area contributed by atoms with E-state index in [1.165, 1.54) is 32.2 Å². The molecular formula is C18H17NO7. The molecule has 0 aromatic heterocycles. The van der Waals surface area contributed by atoms with Crippen LogP contribution in [-0.2, 0) is 9.53 Å². The second kappa shape index (κ2) is 7.22. The van der Waals surface area contributed by atoms with Gasteiger partial charge in [-0.25, -0.2) is 4.79 Å². The largest absolute Gasteiger partial charge is 0.507 e. The van der Waals surface area contributed by atoms with Gasteiger partial charge in [-0.15, -0.1) is 0 Å². The lowest BCUT2D eigenvalue weighted by Gasteiger charge is -2.14. The number of phenols is 1. The highest BCUT2D eigenvalue weighted by Crippen LogP contribution is 2.34. The van der Waals surface area contributed by atoms with Gasteiger partial charge in [0.1, 0.15) is 17.1 Å². The maximum absolute atomic E-state index is 12.2. The number of hydrogen-bond donors (Lipinski definition) is 2. The summed E-state index contributed by atoms with van der Waals surface area (Å²) in [5, 5.41) is 12.5. The molecular weight excluding hydrogens is 342 g/mol. The summed E-state index contributed by atoms with van der Waals surface area (Å²) < 4.78 is 20.5. The van der Waals surface area contributed by atoms with Crippen molar-refractivity contribution in [1.82, 2.24) is 0 Å². The summed E-state index contributed by atoms with van der Waals surface area (Å²) in [5.74, 6) is -0.123. The van der Waals surface area contributed by atoms with Crippen molar-refractivity contribution in [3.8, 4) is 23.0 Å². The number of benzene rings is 2. The van der Waals surface area contributed by atoms with Crippen LogP contribution in [0.5, 0.6) is 23.0 Å². The molecule has 26 heavy (non-hydrogen) atoms. The number of esters is 1. The van der Waals surface area contributed by atoms with E-state index in [1.807, 2.05) is 0 Å². The van der Waals surface area contributed by atoms with Crippen LogP contribution in [0.1, 0.15) is 17.3 Å². The Morgan fingerprint density at radius 2 is 1.92 bits per heavy atom. The number of carbonyl (C=O) groups excluding carboxylic acids is 2. The minimum Gasteiger partial charge on any atom is -0.507 e. The summed E-state index contributed by atoms with van der Waals surface area (Å²) >= 11 is 0. The maximum atomic E-state index is 12.2. The molecule has 3 rings (SSSR count). The number of hydrogen-bond acceptors (Lipinski definition) is 7. The van der Waals surface area contributed by atoms with Crippen molar-refractivity contribution in [3.63, 3.8) is 0 Å². The van der Waals surface area contributed by atoms with Crippen LogP contribution in [0.15, 0.2) is 36.4 Å². The van der Waals surface area contributed by atoms with Gasteiger partial charge in [0.2, 0.25) is 6.79 Å². The molecule has 8 nitrogen and oxygen atoms in total. The molecule has 8 heteroatoms. The lowest BCUT2D eigenvalue weighted by Crippen LogP contribution is -2.30. The van der Waals surface area contributed by atoms with Crippen molar-refractivity contribution in [3.05, 3.63) is 42.0 Å². The molecule has 0 spiro atoms. The molecule has 1 atom stereocenters. The van der Waals surface area contributed by atoms with E-state index in [9.17, 15) is 14.7 Å². The van der Waals surface area contributed by atoms with Crippen molar-refractivity contribution in [2.75, 3.05) is 19.2 Å². The Labute approximate surface area is 149 Å². The maximum Gasteiger partial charge on any atom is 0.342 e. The molecule has 1 aliphatic rings. The standard InChI is InChI=1S/C18H17NO7/c1-10(26-18(22)13-5-4-12(23-2)8-14(13)20)17(21)19-11-3-6-15-16(7-11)25-9-24-15/h3-8,10,20H,9H2,1-2H3,(H,19,21). The second-order valence-electron chi connectivity index (χ2n) is 5.49. The highest BCUT2D eigenvalue weighted by Gasteiger charge is 2.22. The monoisotopic (exact) mass is 359 g/mol. The molecule has 2 N–H and O–H groups in total. The Morgan fingerprint density at radius 1 is 1.15 bits per heavy atom. The fraction of sp³-hybridized carbons (Fsp3) is 0.222. The van der Waals surface area contributed by atoms with Crippen LogP contribution in [0, 0.1) is 0 Å². The number of methoxy groups -OCH3 is 1. The van der Waals surface area contributed by atoms with Gasteiger partial charge < -0.3 is 29.4 Å². The van der Waals surface area contributed by atoms with Crippen LogP contribution in [0.4, 0.5) is 5.69 Å². The van der Waals surface area contributed by atoms with Crippen LogP contribution in [-0.4, -0.2) is 37.0 Å². The summed E-state index contributed by atoms with van der Waals surface area (Å²) in [6.07, 6.45) is -1.07. The van der Waals surface area contributed by atoms with Crippen LogP contribution < -0.4 is 19.5 Å². The molecule has 0 saturated carbocycles. The number of anilines is 1. The number of ether oxygens (including phenoxy) is 4. The fourth-order valence-electron chi connectivity index (χ4n) is 2.31. The zero-order valence-corrected chi connectivity index (χ0v) is 14.1. The van der Waals surface area contributed by atoms with Crippen molar-refractivity contribution in [1.29, 1.82) is 0 Å². The smallest absolute Gasteiger partial charge is 0.342 e. The second-order valence-corrected chi connectivity index (χ2v) is 5.49. The van der Waals surface area contributed by atoms with E-state index in [0.29, 0.717) is 22.9 Å².